The Balaban J connectivity index is 2.62. The average Bonchev–Trinajstić information content (AvgIpc) is 2.37. The molecule has 1 aromatic heterocycles. The molecular formula is C13H7F2NO2. The molecule has 5 heteroatoms. The Morgan fingerprint density at radius 1 is 0.778 bits per heavy atom. The molecule has 1 heterocycles. The molecule has 0 aliphatic carbocycles. The second kappa shape index (κ2) is 4.83. The fourth-order valence-corrected chi connectivity index (χ4v) is 1.58. The fraction of sp³-hybridized carbons (Fsp3) is 0. The van der Waals surface area contributed by atoms with E-state index in [-0.39, 0.29) is 17.0 Å². The summed E-state index contributed by atoms with van der Waals surface area (Å²) in [5.74, 6) is -1.47. The third kappa shape index (κ3) is 2.45. The normalized spacial score (nSPS) is 10.1. The predicted molar refractivity (Wildman–Crippen MR) is 60.4 cm³/mol. The van der Waals surface area contributed by atoms with Gasteiger partial charge in [0, 0.05) is 6.07 Å². The molecule has 0 saturated heterocycles. The summed E-state index contributed by atoms with van der Waals surface area (Å²) < 4.78 is 26.2. The zero-order valence-electron chi connectivity index (χ0n) is 9.06. The summed E-state index contributed by atoms with van der Waals surface area (Å²) >= 11 is 0. The first-order chi connectivity index (χ1) is 8.62. The van der Waals surface area contributed by atoms with Crippen LogP contribution in [-0.4, -0.2) is 17.6 Å². The van der Waals surface area contributed by atoms with E-state index in [1.54, 1.807) is 0 Å². The molecule has 0 aliphatic heterocycles. The van der Waals surface area contributed by atoms with Crippen molar-refractivity contribution in [2.75, 3.05) is 0 Å². The summed E-state index contributed by atoms with van der Waals surface area (Å²) in [5, 5.41) is 0. The van der Waals surface area contributed by atoms with E-state index in [4.69, 9.17) is 0 Å². The summed E-state index contributed by atoms with van der Waals surface area (Å²) in [6.07, 6.45) is 0.929. The van der Waals surface area contributed by atoms with E-state index < -0.39 is 11.6 Å². The Morgan fingerprint density at radius 3 is 1.67 bits per heavy atom. The minimum absolute atomic E-state index is 0.0271. The number of carbonyl (C=O) groups excluding carboxylic acids is 2. The van der Waals surface area contributed by atoms with E-state index in [1.165, 1.54) is 12.1 Å². The molecule has 0 amide bonds. The Labute approximate surface area is 101 Å². The van der Waals surface area contributed by atoms with Gasteiger partial charge in [0.15, 0.2) is 12.6 Å². The lowest BCUT2D eigenvalue weighted by Crippen LogP contribution is -1.95. The molecule has 0 saturated carbocycles. The van der Waals surface area contributed by atoms with Gasteiger partial charge < -0.3 is 0 Å². The molecule has 2 rings (SSSR count). The topological polar surface area (TPSA) is 47.0 Å². The lowest BCUT2D eigenvalue weighted by atomic mass is 10.0. The van der Waals surface area contributed by atoms with Crippen LogP contribution in [0.4, 0.5) is 8.78 Å². The molecule has 0 N–H and O–H groups in total. The van der Waals surface area contributed by atoms with E-state index in [0.29, 0.717) is 18.1 Å². The van der Waals surface area contributed by atoms with Gasteiger partial charge in [-0.05, 0) is 35.4 Å². The van der Waals surface area contributed by atoms with Crippen LogP contribution in [0.25, 0.3) is 11.1 Å². The maximum absolute atomic E-state index is 13.1. The van der Waals surface area contributed by atoms with Crippen LogP contribution in [-0.2, 0) is 0 Å². The number of nitrogens with zero attached hydrogens (tertiary/aromatic N) is 1. The summed E-state index contributed by atoms with van der Waals surface area (Å²) in [6.45, 7) is 0. The highest BCUT2D eigenvalue weighted by Gasteiger charge is 2.07. The van der Waals surface area contributed by atoms with E-state index >= 15 is 0 Å². The number of carbonyl (C=O) groups is 2. The summed E-state index contributed by atoms with van der Waals surface area (Å²) in [4.78, 5) is 25.0. The minimum Gasteiger partial charge on any atom is -0.296 e. The maximum Gasteiger partial charge on any atom is 0.168 e. The molecule has 0 bridgehead atoms. The smallest absolute Gasteiger partial charge is 0.168 e. The van der Waals surface area contributed by atoms with Crippen molar-refractivity contribution in [2.24, 2.45) is 0 Å². The number of aromatic nitrogens is 1. The SMILES string of the molecule is O=Cc1cc(-c2cc(F)cc(F)c2)cc(C=O)n1. The van der Waals surface area contributed by atoms with Crippen molar-refractivity contribution in [1.82, 2.24) is 4.98 Å². The molecule has 0 unspecified atom stereocenters. The standard InChI is InChI=1S/C13H7F2NO2/c14-10-1-8(2-11(15)5-10)9-3-12(6-17)16-13(4-9)7-18/h1-7H. The molecule has 0 spiro atoms. The Bertz CT molecular complexity index is 580. The first-order valence-corrected chi connectivity index (χ1v) is 5.01. The third-order valence-electron chi connectivity index (χ3n) is 2.30. The van der Waals surface area contributed by atoms with Crippen molar-refractivity contribution in [3.05, 3.63) is 53.4 Å². The predicted octanol–water partition coefficient (Wildman–Crippen LogP) is 2.65. The quantitative estimate of drug-likeness (QED) is 0.783. The molecular weight excluding hydrogens is 240 g/mol. The summed E-state index contributed by atoms with van der Waals surface area (Å²) in [5.41, 5.74) is 0.646. The molecule has 0 atom stereocenters. The number of hydrogen-bond acceptors (Lipinski definition) is 3. The van der Waals surface area contributed by atoms with Crippen molar-refractivity contribution in [2.45, 2.75) is 0 Å². The Morgan fingerprint density at radius 2 is 1.22 bits per heavy atom. The third-order valence-corrected chi connectivity index (χ3v) is 2.30. The molecule has 2 aromatic rings. The second-order valence-corrected chi connectivity index (χ2v) is 3.60. The first-order valence-electron chi connectivity index (χ1n) is 5.01. The van der Waals surface area contributed by atoms with Gasteiger partial charge in [0.1, 0.15) is 23.0 Å². The van der Waals surface area contributed by atoms with Crippen LogP contribution in [0.2, 0.25) is 0 Å². The van der Waals surface area contributed by atoms with Crippen molar-refractivity contribution < 1.29 is 18.4 Å². The van der Waals surface area contributed by atoms with Crippen LogP contribution in [0, 0.1) is 11.6 Å². The second-order valence-electron chi connectivity index (χ2n) is 3.60. The highest BCUT2D eigenvalue weighted by Crippen LogP contribution is 2.22. The number of hydrogen-bond donors (Lipinski definition) is 0. The zero-order chi connectivity index (χ0) is 13.1. The van der Waals surface area contributed by atoms with E-state index in [2.05, 4.69) is 4.98 Å². The van der Waals surface area contributed by atoms with Gasteiger partial charge in [-0.2, -0.15) is 0 Å². The van der Waals surface area contributed by atoms with Crippen molar-refractivity contribution in [3.8, 4) is 11.1 Å². The highest BCUT2D eigenvalue weighted by molar-refractivity contribution is 5.82. The van der Waals surface area contributed by atoms with Gasteiger partial charge in [-0.3, -0.25) is 9.59 Å². The number of pyridine rings is 1. The van der Waals surface area contributed by atoms with Crippen LogP contribution < -0.4 is 0 Å². The number of benzene rings is 1. The van der Waals surface area contributed by atoms with E-state index in [9.17, 15) is 18.4 Å². The molecule has 1 aromatic carbocycles. The van der Waals surface area contributed by atoms with Gasteiger partial charge in [0.25, 0.3) is 0 Å². The number of rotatable bonds is 3. The molecule has 0 radical (unpaired) electrons. The van der Waals surface area contributed by atoms with Gasteiger partial charge in [-0.1, -0.05) is 0 Å². The highest BCUT2D eigenvalue weighted by atomic mass is 19.1. The van der Waals surface area contributed by atoms with Crippen LogP contribution in [0.3, 0.4) is 0 Å². The number of aldehydes is 2. The monoisotopic (exact) mass is 247 g/mol. The van der Waals surface area contributed by atoms with Crippen molar-refractivity contribution >= 4 is 12.6 Å². The lowest BCUT2D eigenvalue weighted by Gasteiger charge is -2.04. The Kier molecular flexibility index (Phi) is 3.23. The lowest BCUT2D eigenvalue weighted by molar-refractivity contribution is 0.111. The maximum atomic E-state index is 13.1. The average molecular weight is 247 g/mol. The van der Waals surface area contributed by atoms with Gasteiger partial charge >= 0.3 is 0 Å². The minimum atomic E-state index is -0.734. The summed E-state index contributed by atoms with van der Waals surface area (Å²) in [6, 6.07) is 5.68. The molecule has 0 aliphatic rings. The van der Waals surface area contributed by atoms with Crippen LogP contribution in [0.1, 0.15) is 21.0 Å². The molecule has 0 fully saturated rings. The van der Waals surface area contributed by atoms with Crippen molar-refractivity contribution in [3.63, 3.8) is 0 Å². The zero-order valence-corrected chi connectivity index (χ0v) is 9.06. The van der Waals surface area contributed by atoms with Crippen LogP contribution in [0.5, 0.6) is 0 Å². The van der Waals surface area contributed by atoms with Crippen molar-refractivity contribution in [1.29, 1.82) is 0 Å². The van der Waals surface area contributed by atoms with E-state index in [1.807, 2.05) is 0 Å². The van der Waals surface area contributed by atoms with Gasteiger partial charge in [0.2, 0.25) is 0 Å². The largest absolute Gasteiger partial charge is 0.296 e. The van der Waals surface area contributed by atoms with Crippen LogP contribution in [0.15, 0.2) is 30.3 Å². The number of halogens is 2. The molecule has 90 valence electrons. The van der Waals surface area contributed by atoms with Gasteiger partial charge in [-0.15, -0.1) is 0 Å². The Hall–Kier alpha value is -2.43. The van der Waals surface area contributed by atoms with E-state index in [0.717, 1.165) is 18.2 Å². The first kappa shape index (κ1) is 12.0. The van der Waals surface area contributed by atoms with Gasteiger partial charge in [-0.25, -0.2) is 13.8 Å². The fourth-order valence-electron chi connectivity index (χ4n) is 1.58. The summed E-state index contributed by atoms with van der Waals surface area (Å²) in [7, 11) is 0. The molecule has 18 heavy (non-hydrogen) atoms. The van der Waals surface area contributed by atoms with Crippen LogP contribution >= 0.6 is 0 Å². The van der Waals surface area contributed by atoms with Gasteiger partial charge in [0.05, 0.1) is 0 Å². The molecule has 3 nitrogen and oxygen atoms in total.